The number of hydrogen-bond donors (Lipinski definition) is 1. The van der Waals surface area contributed by atoms with Crippen LogP contribution in [-0.4, -0.2) is 28.6 Å². The molecule has 0 fully saturated rings. The van der Waals surface area contributed by atoms with Gasteiger partial charge in [-0.15, -0.1) is 0 Å². The Morgan fingerprint density at radius 3 is 2.47 bits per heavy atom. The maximum atomic E-state index is 11.9. The van der Waals surface area contributed by atoms with Crippen molar-refractivity contribution < 1.29 is 24.1 Å². The molecule has 3 rings (SSSR count). The lowest BCUT2D eigenvalue weighted by atomic mass is 10.2. The van der Waals surface area contributed by atoms with Crippen molar-refractivity contribution in [3.63, 3.8) is 0 Å². The molecule has 1 amide bonds. The Kier molecular flexibility index (Phi) is 7.96. The average molecular weight is 505 g/mol. The van der Waals surface area contributed by atoms with Gasteiger partial charge in [0.1, 0.15) is 11.5 Å². The summed E-state index contributed by atoms with van der Waals surface area (Å²) in [6.07, 6.45) is 1.32. The fourth-order valence-corrected chi connectivity index (χ4v) is 3.04. The zero-order chi connectivity index (χ0) is 24.7. The fraction of sp³-hybridized carbons (Fsp3) is 0.0476. The molecule has 0 spiro atoms. The van der Waals surface area contributed by atoms with Gasteiger partial charge in [-0.1, -0.05) is 35.3 Å². The zero-order valence-corrected chi connectivity index (χ0v) is 18.5. The summed E-state index contributed by atoms with van der Waals surface area (Å²) in [4.78, 5) is 32.5. The van der Waals surface area contributed by atoms with Crippen LogP contribution in [0, 0.1) is 20.2 Å². The molecule has 0 saturated carbocycles. The van der Waals surface area contributed by atoms with Crippen molar-refractivity contribution in [2.45, 2.75) is 0 Å². The van der Waals surface area contributed by atoms with Crippen molar-refractivity contribution in [2.24, 2.45) is 5.10 Å². The van der Waals surface area contributed by atoms with Crippen LogP contribution < -0.4 is 14.9 Å². The molecule has 0 saturated heterocycles. The molecule has 11 nitrogen and oxygen atoms in total. The number of benzene rings is 3. The number of carbonyl (C=O) groups excluding carboxylic acids is 1. The highest BCUT2D eigenvalue weighted by Crippen LogP contribution is 2.34. The van der Waals surface area contributed by atoms with Gasteiger partial charge in [-0.25, -0.2) is 5.43 Å². The van der Waals surface area contributed by atoms with Crippen LogP contribution in [0.2, 0.25) is 10.0 Å². The Balaban J connectivity index is 1.61. The largest absolute Gasteiger partial charge is 0.482 e. The summed E-state index contributed by atoms with van der Waals surface area (Å²) in [5, 5.41) is 26.6. The van der Waals surface area contributed by atoms with E-state index in [0.717, 1.165) is 18.2 Å². The van der Waals surface area contributed by atoms with Gasteiger partial charge in [0.05, 0.1) is 27.2 Å². The number of non-ortho nitro benzene ring substituents is 1. The molecule has 0 aromatic heterocycles. The first-order valence-corrected chi connectivity index (χ1v) is 10.1. The van der Waals surface area contributed by atoms with E-state index in [1.807, 2.05) is 0 Å². The van der Waals surface area contributed by atoms with Crippen molar-refractivity contribution >= 4 is 46.7 Å². The molecule has 3 aromatic carbocycles. The van der Waals surface area contributed by atoms with Crippen molar-refractivity contribution in [3.05, 3.63) is 96.5 Å². The predicted octanol–water partition coefficient (Wildman–Crippen LogP) is 5.13. The summed E-state index contributed by atoms with van der Waals surface area (Å²) in [6, 6.07) is 13.9. The number of carbonyl (C=O) groups is 1. The van der Waals surface area contributed by atoms with Crippen molar-refractivity contribution in [1.29, 1.82) is 0 Å². The summed E-state index contributed by atoms with van der Waals surface area (Å²) in [7, 11) is 0. The highest BCUT2D eigenvalue weighted by atomic mass is 35.5. The number of ether oxygens (including phenoxy) is 2. The summed E-state index contributed by atoms with van der Waals surface area (Å²) < 4.78 is 10.8. The zero-order valence-electron chi connectivity index (χ0n) is 17.0. The Hall–Kier alpha value is -4.22. The molecule has 3 aromatic rings. The number of nitro groups is 2. The third kappa shape index (κ3) is 6.64. The number of nitrogens with zero attached hydrogens (tertiary/aromatic N) is 3. The van der Waals surface area contributed by atoms with Crippen molar-refractivity contribution in [1.82, 2.24) is 5.43 Å². The molecular weight excluding hydrogens is 491 g/mol. The van der Waals surface area contributed by atoms with E-state index < -0.39 is 27.1 Å². The Morgan fingerprint density at radius 1 is 1.00 bits per heavy atom. The molecule has 0 radical (unpaired) electrons. The minimum absolute atomic E-state index is 0.170. The van der Waals surface area contributed by atoms with Crippen LogP contribution in [0.25, 0.3) is 0 Å². The van der Waals surface area contributed by atoms with Gasteiger partial charge < -0.3 is 9.47 Å². The molecule has 1 N–H and O–H groups in total. The van der Waals surface area contributed by atoms with Gasteiger partial charge in [-0.05, 0) is 42.0 Å². The van der Waals surface area contributed by atoms with E-state index in [0.29, 0.717) is 10.6 Å². The number of nitro benzene ring substituents is 2. The van der Waals surface area contributed by atoms with Crippen LogP contribution in [0.15, 0.2) is 65.8 Å². The summed E-state index contributed by atoms with van der Waals surface area (Å²) >= 11 is 11.8. The number of hydrogen-bond acceptors (Lipinski definition) is 8. The van der Waals surface area contributed by atoms with E-state index in [4.69, 9.17) is 32.7 Å². The number of rotatable bonds is 9. The van der Waals surface area contributed by atoms with Crippen LogP contribution in [0.3, 0.4) is 0 Å². The molecule has 13 heteroatoms. The first-order valence-electron chi connectivity index (χ1n) is 9.33. The van der Waals surface area contributed by atoms with E-state index in [1.165, 1.54) is 30.5 Å². The smallest absolute Gasteiger partial charge is 0.318 e. The molecule has 0 bridgehead atoms. The molecule has 0 aliphatic heterocycles. The maximum absolute atomic E-state index is 11.9. The average Bonchev–Trinajstić information content (AvgIpc) is 2.78. The minimum atomic E-state index is -0.775. The third-order valence-corrected chi connectivity index (χ3v) is 4.62. The van der Waals surface area contributed by atoms with Crippen LogP contribution >= 0.6 is 23.2 Å². The van der Waals surface area contributed by atoms with Crippen LogP contribution in [0.1, 0.15) is 5.56 Å². The van der Waals surface area contributed by atoms with Gasteiger partial charge >= 0.3 is 5.69 Å². The summed E-state index contributed by atoms with van der Waals surface area (Å²) in [6.45, 7) is -0.342. The van der Waals surface area contributed by atoms with Crippen LogP contribution in [0.4, 0.5) is 11.4 Å². The standard InChI is InChI=1S/C21H14Cl2N4O7/c22-14-4-6-19(17(23)9-14)33-12-21(28)25-24-11-13-2-1-3-16(8-13)34-20-7-5-15(26(29)30)10-18(20)27(31)32/h1-11H,12H2,(H,25,28). The van der Waals surface area contributed by atoms with E-state index in [1.54, 1.807) is 18.2 Å². The molecule has 0 heterocycles. The monoisotopic (exact) mass is 504 g/mol. The Labute approximate surface area is 201 Å². The molecule has 34 heavy (non-hydrogen) atoms. The minimum Gasteiger partial charge on any atom is -0.482 e. The van der Waals surface area contributed by atoms with Crippen molar-refractivity contribution in [2.75, 3.05) is 6.61 Å². The van der Waals surface area contributed by atoms with Crippen LogP contribution in [0.5, 0.6) is 17.2 Å². The normalized spacial score (nSPS) is 10.6. The van der Waals surface area contributed by atoms with Crippen molar-refractivity contribution in [3.8, 4) is 17.2 Å². The second kappa shape index (κ2) is 11.1. The van der Waals surface area contributed by atoms with Gasteiger partial charge in [0, 0.05) is 11.1 Å². The molecule has 0 aliphatic rings. The molecule has 0 atom stereocenters. The predicted molar refractivity (Wildman–Crippen MR) is 124 cm³/mol. The van der Waals surface area contributed by atoms with Gasteiger partial charge in [-0.3, -0.25) is 25.0 Å². The first kappa shape index (κ1) is 24.4. The van der Waals surface area contributed by atoms with E-state index in [-0.39, 0.29) is 28.9 Å². The lowest BCUT2D eigenvalue weighted by Gasteiger charge is -2.07. The number of amides is 1. The second-order valence-corrected chi connectivity index (χ2v) is 7.34. The highest BCUT2D eigenvalue weighted by Gasteiger charge is 2.21. The third-order valence-electron chi connectivity index (χ3n) is 4.09. The quantitative estimate of drug-likeness (QED) is 0.241. The van der Waals surface area contributed by atoms with Gasteiger partial charge in [0.2, 0.25) is 5.75 Å². The number of nitrogens with one attached hydrogen (secondary N) is 1. The Morgan fingerprint density at radius 2 is 1.76 bits per heavy atom. The Bertz CT molecular complexity index is 1280. The van der Waals surface area contributed by atoms with E-state index in [9.17, 15) is 25.0 Å². The number of halogens is 2. The SMILES string of the molecule is O=C(COc1ccc(Cl)cc1Cl)NN=Cc1cccc(Oc2ccc([N+](=O)[O-])cc2[N+](=O)[O-])c1. The highest BCUT2D eigenvalue weighted by molar-refractivity contribution is 6.35. The lowest BCUT2D eigenvalue weighted by molar-refractivity contribution is -0.394. The lowest BCUT2D eigenvalue weighted by Crippen LogP contribution is -2.24. The number of hydrazone groups is 1. The van der Waals surface area contributed by atoms with E-state index in [2.05, 4.69) is 10.5 Å². The van der Waals surface area contributed by atoms with Gasteiger partial charge in [-0.2, -0.15) is 5.10 Å². The second-order valence-electron chi connectivity index (χ2n) is 6.50. The van der Waals surface area contributed by atoms with Gasteiger partial charge in [0.15, 0.2) is 6.61 Å². The molecular formula is C21H14Cl2N4O7. The molecule has 174 valence electrons. The van der Waals surface area contributed by atoms with Crippen LogP contribution in [-0.2, 0) is 4.79 Å². The first-order chi connectivity index (χ1) is 16.2. The molecule has 0 aliphatic carbocycles. The topological polar surface area (TPSA) is 146 Å². The fourth-order valence-electron chi connectivity index (χ4n) is 2.58. The van der Waals surface area contributed by atoms with Gasteiger partial charge in [0.25, 0.3) is 11.6 Å². The molecule has 0 unspecified atom stereocenters. The summed E-state index contributed by atoms with van der Waals surface area (Å²) in [5.41, 5.74) is 1.80. The summed E-state index contributed by atoms with van der Waals surface area (Å²) in [5.74, 6) is -0.212. The maximum Gasteiger partial charge on any atom is 0.318 e. The van der Waals surface area contributed by atoms with E-state index >= 15 is 0 Å².